The molecule has 0 saturated carbocycles. The van der Waals surface area contributed by atoms with Gasteiger partial charge in [-0.1, -0.05) is 24.2 Å². The van der Waals surface area contributed by atoms with Crippen LogP contribution in [-0.4, -0.2) is 20.8 Å². The second-order valence-corrected chi connectivity index (χ2v) is 9.23. The van der Waals surface area contributed by atoms with Crippen molar-refractivity contribution in [2.75, 3.05) is 0 Å². The number of carboxylic acid groups (broad SMARTS) is 1. The van der Waals surface area contributed by atoms with Gasteiger partial charge in [0.25, 0.3) is 0 Å². The Hall–Kier alpha value is -4.73. The molecule has 0 unspecified atom stereocenters. The summed E-state index contributed by atoms with van der Waals surface area (Å²) < 4.78 is 60.0. The van der Waals surface area contributed by atoms with Gasteiger partial charge < -0.3 is 23.7 Å². The molecule has 7 nitrogen and oxygen atoms in total. The number of fused-ring (bicyclic) bond motifs is 1. The molecule has 0 aliphatic heterocycles. The van der Waals surface area contributed by atoms with Gasteiger partial charge >= 0.3 is 5.97 Å². The first-order valence-corrected chi connectivity index (χ1v) is 12.6. The maximum atomic E-state index is 14.0. The number of carboxylic acids is 1. The topological polar surface area (TPSA) is 86.7 Å². The molecule has 0 aliphatic carbocycles. The van der Waals surface area contributed by atoms with Gasteiger partial charge in [-0.3, -0.25) is 0 Å². The summed E-state index contributed by atoms with van der Waals surface area (Å²) in [6, 6.07) is 15.5. The molecule has 0 aliphatic rings. The van der Waals surface area contributed by atoms with E-state index in [1.165, 1.54) is 0 Å². The lowest BCUT2D eigenvalue weighted by Crippen LogP contribution is -2.06. The van der Waals surface area contributed by atoms with Crippen LogP contribution >= 0.6 is 0 Å². The first-order valence-electron chi connectivity index (χ1n) is 12.6. The zero-order valence-corrected chi connectivity index (χ0v) is 21.5. The summed E-state index contributed by atoms with van der Waals surface area (Å²) in [6.45, 7) is 2.27. The second-order valence-electron chi connectivity index (χ2n) is 9.23. The quantitative estimate of drug-likeness (QED) is 0.192. The predicted molar refractivity (Wildman–Crippen MR) is 140 cm³/mol. The monoisotopic (exact) mass is 550 g/mol. The molecule has 0 atom stereocenters. The fourth-order valence-electron chi connectivity index (χ4n) is 4.45. The molecule has 206 valence electrons. The van der Waals surface area contributed by atoms with Crippen LogP contribution < -0.4 is 9.47 Å². The molecule has 2 aromatic heterocycles. The molecule has 0 amide bonds. The van der Waals surface area contributed by atoms with Gasteiger partial charge in [0.15, 0.2) is 17.4 Å². The highest BCUT2D eigenvalue weighted by Crippen LogP contribution is 2.27. The van der Waals surface area contributed by atoms with Crippen molar-refractivity contribution < 1.29 is 37.1 Å². The van der Waals surface area contributed by atoms with Crippen molar-refractivity contribution in [3.63, 3.8) is 0 Å². The normalized spacial score (nSPS) is 11.2. The molecule has 40 heavy (non-hydrogen) atoms. The van der Waals surface area contributed by atoms with Crippen molar-refractivity contribution in [1.82, 2.24) is 9.72 Å². The van der Waals surface area contributed by atoms with Crippen LogP contribution in [0.1, 0.15) is 46.3 Å². The number of hydrogen-bond acceptors (Lipinski definition) is 5. The summed E-state index contributed by atoms with van der Waals surface area (Å²) in [5, 5.41) is 14.2. The minimum atomic E-state index is -1.15. The summed E-state index contributed by atoms with van der Waals surface area (Å²) >= 11 is 0. The standard InChI is InChI=1S/C30H25F3N2O5/c1-2-4-28-23(26(34-40-28)17-39-29-24(32)13-21(31)14-25(29)33)16-38-22-7-8-27-19(12-22)9-10-35(27)15-18-5-3-6-20(11-18)30(36)37/h3,5-14H,2,4,15-17H2,1H3,(H,36,37). The van der Waals surface area contributed by atoms with Crippen LogP contribution in [0, 0.1) is 17.5 Å². The first kappa shape index (κ1) is 26.9. The summed E-state index contributed by atoms with van der Waals surface area (Å²) in [4.78, 5) is 11.3. The molecule has 3 aromatic carbocycles. The van der Waals surface area contributed by atoms with E-state index in [1.807, 2.05) is 48.0 Å². The van der Waals surface area contributed by atoms with Gasteiger partial charge in [-0.2, -0.15) is 0 Å². The number of ether oxygens (including phenoxy) is 2. The number of aryl methyl sites for hydroxylation is 1. The Morgan fingerprint density at radius 1 is 1.00 bits per heavy atom. The van der Waals surface area contributed by atoms with Crippen molar-refractivity contribution in [3.05, 3.63) is 112 Å². The Morgan fingerprint density at radius 3 is 2.55 bits per heavy atom. The van der Waals surface area contributed by atoms with Crippen LogP contribution in [-0.2, 0) is 26.2 Å². The Bertz CT molecular complexity index is 1650. The SMILES string of the molecule is CCCc1onc(COc2c(F)cc(F)cc2F)c1COc1ccc2c(ccn2Cc2cccc(C(=O)O)c2)c1. The third-order valence-electron chi connectivity index (χ3n) is 6.40. The number of carbonyl (C=O) groups is 1. The highest BCUT2D eigenvalue weighted by Gasteiger charge is 2.20. The zero-order chi connectivity index (χ0) is 28.2. The van der Waals surface area contributed by atoms with Gasteiger partial charge in [-0.15, -0.1) is 0 Å². The lowest BCUT2D eigenvalue weighted by Gasteiger charge is -2.11. The van der Waals surface area contributed by atoms with Crippen LogP contribution in [0.5, 0.6) is 11.5 Å². The number of hydrogen-bond donors (Lipinski definition) is 1. The molecule has 0 fully saturated rings. The van der Waals surface area contributed by atoms with Crippen molar-refractivity contribution in [2.45, 2.75) is 39.5 Å². The maximum Gasteiger partial charge on any atom is 0.335 e. The van der Waals surface area contributed by atoms with Crippen LogP contribution in [0.15, 0.2) is 71.4 Å². The lowest BCUT2D eigenvalue weighted by atomic mass is 10.1. The maximum absolute atomic E-state index is 14.0. The van der Waals surface area contributed by atoms with Crippen molar-refractivity contribution in [1.29, 1.82) is 0 Å². The van der Waals surface area contributed by atoms with Gasteiger partial charge in [0.05, 0.1) is 11.1 Å². The fourth-order valence-corrected chi connectivity index (χ4v) is 4.45. The Morgan fingerprint density at radius 2 is 1.80 bits per heavy atom. The number of rotatable bonds is 11. The molecule has 0 spiro atoms. The van der Waals surface area contributed by atoms with Gasteiger partial charge in [-0.25, -0.2) is 18.0 Å². The molecule has 0 bridgehead atoms. The van der Waals surface area contributed by atoms with E-state index < -0.39 is 29.2 Å². The predicted octanol–water partition coefficient (Wildman–Crippen LogP) is 6.90. The van der Waals surface area contributed by atoms with Crippen LogP contribution in [0.2, 0.25) is 0 Å². The van der Waals surface area contributed by atoms with E-state index in [2.05, 4.69) is 5.16 Å². The zero-order valence-electron chi connectivity index (χ0n) is 21.5. The van der Waals surface area contributed by atoms with Gasteiger partial charge in [0, 0.05) is 42.2 Å². The van der Waals surface area contributed by atoms with Gasteiger partial charge in [0.1, 0.15) is 36.2 Å². The molecular formula is C30H25F3N2O5. The third kappa shape index (κ3) is 5.80. The molecule has 10 heteroatoms. The van der Waals surface area contributed by atoms with Crippen LogP contribution in [0.3, 0.4) is 0 Å². The average molecular weight is 551 g/mol. The van der Waals surface area contributed by atoms with Gasteiger partial charge in [0.2, 0.25) is 0 Å². The molecule has 0 saturated heterocycles. The van der Waals surface area contributed by atoms with E-state index in [0.29, 0.717) is 47.9 Å². The van der Waals surface area contributed by atoms with Crippen molar-refractivity contribution in [2.24, 2.45) is 0 Å². The van der Waals surface area contributed by atoms with E-state index in [4.69, 9.17) is 14.0 Å². The minimum Gasteiger partial charge on any atom is -0.489 e. The molecule has 1 N–H and O–H groups in total. The number of aromatic carboxylic acids is 1. The van der Waals surface area contributed by atoms with E-state index in [1.54, 1.807) is 18.2 Å². The number of benzene rings is 3. The number of aromatic nitrogens is 2. The summed E-state index contributed by atoms with van der Waals surface area (Å²) in [6.07, 6.45) is 3.28. The Labute approximate surface area is 227 Å². The molecular weight excluding hydrogens is 525 g/mol. The van der Waals surface area contributed by atoms with E-state index >= 15 is 0 Å². The molecule has 2 heterocycles. The third-order valence-corrected chi connectivity index (χ3v) is 6.40. The van der Waals surface area contributed by atoms with Crippen molar-refractivity contribution in [3.8, 4) is 11.5 Å². The number of halogens is 3. The smallest absolute Gasteiger partial charge is 0.335 e. The average Bonchev–Trinajstić information content (AvgIpc) is 3.50. The van der Waals surface area contributed by atoms with E-state index in [-0.39, 0.29) is 18.8 Å². The van der Waals surface area contributed by atoms with E-state index in [9.17, 15) is 23.1 Å². The summed E-state index contributed by atoms with van der Waals surface area (Å²) in [7, 11) is 0. The number of nitrogens with zero attached hydrogens (tertiary/aromatic N) is 2. The first-order chi connectivity index (χ1) is 19.3. The second kappa shape index (κ2) is 11.6. The van der Waals surface area contributed by atoms with Gasteiger partial charge in [-0.05, 0) is 48.4 Å². The van der Waals surface area contributed by atoms with Crippen molar-refractivity contribution >= 4 is 16.9 Å². The van der Waals surface area contributed by atoms with Crippen LogP contribution in [0.4, 0.5) is 13.2 Å². The Kier molecular flexibility index (Phi) is 7.77. The fraction of sp³-hybridized carbons (Fsp3) is 0.200. The van der Waals surface area contributed by atoms with Crippen LogP contribution in [0.25, 0.3) is 10.9 Å². The molecule has 5 rings (SSSR count). The molecule has 5 aromatic rings. The largest absolute Gasteiger partial charge is 0.489 e. The minimum absolute atomic E-state index is 0.0834. The highest BCUT2D eigenvalue weighted by molar-refractivity contribution is 5.87. The molecule has 0 radical (unpaired) electrons. The van der Waals surface area contributed by atoms with E-state index in [0.717, 1.165) is 22.9 Å². The lowest BCUT2D eigenvalue weighted by molar-refractivity contribution is 0.0696. The summed E-state index contributed by atoms with van der Waals surface area (Å²) in [5.74, 6) is -3.84. The summed E-state index contributed by atoms with van der Waals surface area (Å²) in [5.41, 5.74) is 2.98. The Balaban J connectivity index is 1.31. The highest BCUT2D eigenvalue weighted by atomic mass is 19.1.